The lowest BCUT2D eigenvalue weighted by Crippen LogP contribution is -2.12. The first-order chi connectivity index (χ1) is 10.00. The normalized spacial score (nSPS) is 15.1. The van der Waals surface area contributed by atoms with Crippen molar-refractivity contribution in [2.24, 2.45) is 0 Å². The topological polar surface area (TPSA) is 98.0 Å². The summed E-state index contributed by atoms with van der Waals surface area (Å²) in [5.41, 5.74) is 7.68. The van der Waals surface area contributed by atoms with Gasteiger partial charge >= 0.3 is 0 Å². The average Bonchev–Trinajstić information content (AvgIpc) is 3.23. The molecule has 1 saturated carbocycles. The zero-order chi connectivity index (χ0) is 15.0. The number of nitrogen functional groups attached to an aromatic ring is 1. The van der Waals surface area contributed by atoms with E-state index in [1.165, 1.54) is 0 Å². The van der Waals surface area contributed by atoms with Gasteiger partial charge in [-0.15, -0.1) is 0 Å². The molecule has 1 fully saturated rings. The van der Waals surface area contributed by atoms with Crippen molar-refractivity contribution in [3.63, 3.8) is 0 Å². The largest absolute Gasteiger partial charge is 0.382 e. The molecule has 3 rings (SSSR count). The Morgan fingerprint density at radius 3 is 2.90 bits per heavy atom. The Morgan fingerprint density at radius 1 is 1.48 bits per heavy atom. The molecule has 0 spiro atoms. The van der Waals surface area contributed by atoms with Gasteiger partial charge in [0.1, 0.15) is 9.90 Å². The molecule has 0 unspecified atom stereocenters. The quantitative estimate of drug-likeness (QED) is 0.872. The standard InChI is InChI=1S/C13H16N4O2S2/c1-8-3-2-6-15-10(8)7-16-13-11(12(14)17-20-13)21(18,19)9-4-5-9/h2-3,6,9,16H,4-5,7H2,1H3,(H2,14,17). The molecule has 6 nitrogen and oxygen atoms in total. The molecule has 1 aliphatic carbocycles. The van der Waals surface area contributed by atoms with Gasteiger partial charge in [-0.05, 0) is 42.9 Å². The lowest BCUT2D eigenvalue weighted by Gasteiger charge is -2.08. The van der Waals surface area contributed by atoms with Crippen molar-refractivity contribution in [3.8, 4) is 0 Å². The summed E-state index contributed by atoms with van der Waals surface area (Å²) in [6, 6.07) is 3.83. The van der Waals surface area contributed by atoms with Crippen molar-refractivity contribution in [3.05, 3.63) is 29.6 Å². The van der Waals surface area contributed by atoms with Crippen LogP contribution in [0.15, 0.2) is 23.2 Å². The third-order valence-corrected chi connectivity index (χ3v) is 6.74. The second-order valence-corrected chi connectivity index (χ2v) is 8.03. The first kappa shape index (κ1) is 14.3. The van der Waals surface area contributed by atoms with Crippen LogP contribution in [-0.2, 0) is 16.4 Å². The second-order valence-electron chi connectivity index (χ2n) is 5.09. The van der Waals surface area contributed by atoms with Crippen molar-refractivity contribution in [1.29, 1.82) is 0 Å². The van der Waals surface area contributed by atoms with E-state index in [1.807, 2.05) is 19.1 Å². The molecule has 2 aromatic heterocycles. The van der Waals surface area contributed by atoms with Gasteiger partial charge in [0.2, 0.25) is 0 Å². The van der Waals surface area contributed by atoms with Crippen LogP contribution in [0.1, 0.15) is 24.1 Å². The summed E-state index contributed by atoms with van der Waals surface area (Å²) in [4.78, 5) is 4.44. The highest BCUT2D eigenvalue weighted by molar-refractivity contribution is 7.92. The Balaban J connectivity index is 1.86. The fraction of sp³-hybridized carbons (Fsp3) is 0.385. The predicted octanol–water partition coefficient (Wildman–Crippen LogP) is 1.98. The van der Waals surface area contributed by atoms with Gasteiger partial charge in [0, 0.05) is 6.20 Å². The third-order valence-electron chi connectivity index (χ3n) is 3.46. The molecule has 21 heavy (non-hydrogen) atoms. The molecule has 0 aliphatic heterocycles. The zero-order valence-corrected chi connectivity index (χ0v) is 13.2. The van der Waals surface area contributed by atoms with E-state index >= 15 is 0 Å². The Bertz CT molecular complexity index is 766. The Hall–Kier alpha value is -1.67. The van der Waals surface area contributed by atoms with E-state index in [0.717, 1.165) is 22.8 Å². The number of rotatable bonds is 5. The summed E-state index contributed by atoms with van der Waals surface area (Å²) < 4.78 is 28.8. The number of pyridine rings is 1. The molecule has 0 bridgehead atoms. The van der Waals surface area contributed by atoms with Crippen LogP contribution in [0.5, 0.6) is 0 Å². The minimum atomic E-state index is -3.36. The maximum Gasteiger partial charge on any atom is 0.187 e. The minimum Gasteiger partial charge on any atom is -0.382 e. The highest BCUT2D eigenvalue weighted by atomic mass is 32.2. The van der Waals surface area contributed by atoms with Crippen molar-refractivity contribution in [2.75, 3.05) is 11.1 Å². The number of nitrogens with zero attached hydrogens (tertiary/aromatic N) is 2. The van der Waals surface area contributed by atoms with E-state index in [-0.39, 0.29) is 16.0 Å². The van der Waals surface area contributed by atoms with E-state index < -0.39 is 9.84 Å². The maximum atomic E-state index is 12.4. The van der Waals surface area contributed by atoms with E-state index in [9.17, 15) is 8.42 Å². The molecule has 8 heteroatoms. The summed E-state index contributed by atoms with van der Waals surface area (Å²) >= 11 is 1.08. The fourth-order valence-electron chi connectivity index (χ4n) is 2.09. The van der Waals surface area contributed by atoms with Gasteiger partial charge in [0.05, 0.1) is 17.5 Å². The van der Waals surface area contributed by atoms with Crippen LogP contribution in [0.25, 0.3) is 0 Å². The SMILES string of the molecule is Cc1cccnc1CNc1snc(N)c1S(=O)(=O)C1CC1. The van der Waals surface area contributed by atoms with Crippen molar-refractivity contribution >= 4 is 32.2 Å². The predicted molar refractivity (Wildman–Crippen MR) is 83.0 cm³/mol. The van der Waals surface area contributed by atoms with Crippen LogP contribution in [0.2, 0.25) is 0 Å². The van der Waals surface area contributed by atoms with Crippen LogP contribution in [0.3, 0.4) is 0 Å². The fourth-order valence-corrected chi connectivity index (χ4v) is 4.97. The average molecular weight is 324 g/mol. The Morgan fingerprint density at radius 2 is 2.24 bits per heavy atom. The monoisotopic (exact) mass is 324 g/mol. The highest BCUT2D eigenvalue weighted by Crippen LogP contribution is 2.41. The molecule has 1 aliphatic rings. The van der Waals surface area contributed by atoms with Crippen LogP contribution in [-0.4, -0.2) is 23.0 Å². The van der Waals surface area contributed by atoms with Gasteiger partial charge in [0.15, 0.2) is 15.7 Å². The number of aromatic nitrogens is 2. The van der Waals surface area contributed by atoms with Crippen molar-refractivity contribution in [1.82, 2.24) is 9.36 Å². The van der Waals surface area contributed by atoms with Gasteiger partial charge in [-0.25, -0.2) is 8.42 Å². The molecule has 0 amide bonds. The Labute approximate surface area is 127 Å². The maximum absolute atomic E-state index is 12.4. The molecule has 2 aromatic rings. The smallest absolute Gasteiger partial charge is 0.187 e. The third kappa shape index (κ3) is 2.73. The first-order valence-corrected chi connectivity index (χ1v) is 8.95. The lowest BCUT2D eigenvalue weighted by molar-refractivity contribution is 0.595. The van der Waals surface area contributed by atoms with Gasteiger partial charge in [0.25, 0.3) is 0 Å². The molecular weight excluding hydrogens is 308 g/mol. The number of hydrogen-bond donors (Lipinski definition) is 2. The van der Waals surface area contributed by atoms with E-state index in [0.29, 0.717) is 24.4 Å². The molecule has 0 radical (unpaired) electrons. The molecule has 2 heterocycles. The summed E-state index contributed by atoms with van der Waals surface area (Å²) in [6.45, 7) is 2.41. The van der Waals surface area contributed by atoms with Crippen molar-refractivity contribution in [2.45, 2.75) is 36.5 Å². The summed E-state index contributed by atoms with van der Waals surface area (Å²) in [6.07, 6.45) is 3.12. The Kier molecular flexibility index (Phi) is 3.58. The number of sulfone groups is 1. The number of aryl methyl sites for hydroxylation is 1. The van der Waals surface area contributed by atoms with E-state index in [2.05, 4.69) is 14.7 Å². The van der Waals surface area contributed by atoms with Crippen LogP contribution in [0, 0.1) is 6.92 Å². The molecular formula is C13H16N4O2S2. The number of nitrogens with one attached hydrogen (secondary N) is 1. The van der Waals surface area contributed by atoms with Crippen LogP contribution >= 0.6 is 11.5 Å². The number of hydrogen-bond acceptors (Lipinski definition) is 7. The first-order valence-electron chi connectivity index (χ1n) is 6.63. The minimum absolute atomic E-state index is 0.0899. The molecule has 3 N–H and O–H groups in total. The number of nitrogens with two attached hydrogens (primary N) is 1. The van der Waals surface area contributed by atoms with E-state index in [4.69, 9.17) is 5.73 Å². The lowest BCUT2D eigenvalue weighted by atomic mass is 10.2. The summed E-state index contributed by atoms with van der Waals surface area (Å²) in [7, 11) is -3.36. The van der Waals surface area contributed by atoms with Gasteiger partial charge in [-0.2, -0.15) is 4.37 Å². The summed E-state index contributed by atoms with van der Waals surface area (Å²) in [5.74, 6) is 0.0899. The number of anilines is 2. The van der Waals surface area contributed by atoms with Gasteiger partial charge in [-0.1, -0.05) is 6.07 Å². The molecule has 0 saturated heterocycles. The molecule has 0 aromatic carbocycles. The van der Waals surface area contributed by atoms with Gasteiger partial charge < -0.3 is 11.1 Å². The zero-order valence-electron chi connectivity index (χ0n) is 11.5. The summed E-state index contributed by atoms with van der Waals surface area (Å²) in [5, 5.41) is 3.32. The molecule has 112 valence electrons. The second kappa shape index (κ2) is 5.27. The van der Waals surface area contributed by atoms with Gasteiger partial charge in [-0.3, -0.25) is 4.98 Å². The highest BCUT2D eigenvalue weighted by Gasteiger charge is 2.40. The van der Waals surface area contributed by atoms with Crippen LogP contribution < -0.4 is 11.1 Å². The van der Waals surface area contributed by atoms with Crippen LogP contribution in [0.4, 0.5) is 10.8 Å². The van der Waals surface area contributed by atoms with E-state index in [1.54, 1.807) is 6.20 Å². The molecule has 0 atom stereocenters. The van der Waals surface area contributed by atoms with Crippen molar-refractivity contribution < 1.29 is 8.42 Å².